The maximum Gasteiger partial charge on any atom is 1.00 e. The van der Waals surface area contributed by atoms with Crippen molar-refractivity contribution in [1.82, 2.24) is 0 Å². The van der Waals surface area contributed by atoms with E-state index in [1.54, 1.807) is 0 Å². The number of carboxylic acids is 1. The predicted molar refractivity (Wildman–Crippen MR) is 59.8 cm³/mol. The maximum atomic E-state index is 10.1. The minimum Gasteiger partial charge on any atom is -0.550 e. The topological polar surface area (TPSA) is 49.4 Å². The Labute approximate surface area is 124 Å². The van der Waals surface area contributed by atoms with Gasteiger partial charge in [-0.25, -0.2) is 0 Å². The van der Waals surface area contributed by atoms with Gasteiger partial charge in [0.05, 0.1) is 0 Å². The van der Waals surface area contributed by atoms with Crippen LogP contribution in [-0.2, 0) is 16.0 Å². The molecule has 0 amide bonds. The number of carbonyl (C=O) groups is 1. The Hall–Kier alpha value is -0.350. The van der Waals surface area contributed by atoms with Crippen LogP contribution in [0, 0.1) is 0 Å². The largest absolute Gasteiger partial charge is 1.00 e. The molecular formula is C13H17NaO3. The zero-order chi connectivity index (χ0) is 11.6. The number of benzene rings is 1. The van der Waals surface area contributed by atoms with Crippen LogP contribution in [0.4, 0.5) is 0 Å². The van der Waals surface area contributed by atoms with Crippen LogP contribution in [0.1, 0.15) is 24.8 Å². The first-order chi connectivity index (χ1) is 7.79. The van der Waals surface area contributed by atoms with E-state index < -0.39 is 5.97 Å². The molecule has 4 heteroatoms. The molecule has 3 nitrogen and oxygen atoms in total. The van der Waals surface area contributed by atoms with E-state index in [-0.39, 0.29) is 36.0 Å². The summed E-state index contributed by atoms with van der Waals surface area (Å²) in [7, 11) is 0. The van der Waals surface area contributed by atoms with Crippen LogP contribution in [0.2, 0.25) is 0 Å². The van der Waals surface area contributed by atoms with Gasteiger partial charge in [-0.3, -0.25) is 0 Å². The van der Waals surface area contributed by atoms with Gasteiger partial charge in [-0.05, 0) is 31.2 Å². The van der Waals surface area contributed by atoms with Crippen LogP contribution >= 0.6 is 0 Å². The summed E-state index contributed by atoms with van der Waals surface area (Å²) in [5.41, 5.74) is 1.31. The fraction of sp³-hybridized carbons (Fsp3) is 0.462. The molecule has 0 bridgehead atoms. The monoisotopic (exact) mass is 244 g/mol. The van der Waals surface area contributed by atoms with Gasteiger partial charge in [0.2, 0.25) is 0 Å². The van der Waals surface area contributed by atoms with E-state index in [0.29, 0.717) is 19.6 Å². The minimum atomic E-state index is -1.01. The van der Waals surface area contributed by atoms with E-state index in [1.165, 1.54) is 5.56 Å². The molecule has 0 unspecified atom stereocenters. The average Bonchev–Trinajstić information content (AvgIpc) is 2.29. The Morgan fingerprint density at radius 3 is 2.41 bits per heavy atom. The minimum absolute atomic E-state index is 0. The molecule has 0 heterocycles. The summed E-state index contributed by atoms with van der Waals surface area (Å²) in [6, 6.07) is 10.2. The van der Waals surface area contributed by atoms with Crippen LogP contribution in [0.15, 0.2) is 30.3 Å². The first-order valence-corrected chi connectivity index (χ1v) is 5.60. The summed E-state index contributed by atoms with van der Waals surface area (Å²) >= 11 is 0. The van der Waals surface area contributed by atoms with Crippen molar-refractivity contribution in [2.45, 2.75) is 25.7 Å². The molecule has 0 saturated heterocycles. The first kappa shape index (κ1) is 16.6. The number of hydrogen-bond donors (Lipinski definition) is 0. The third-order valence-corrected chi connectivity index (χ3v) is 2.27. The van der Waals surface area contributed by atoms with Crippen molar-refractivity contribution in [2.75, 3.05) is 13.2 Å². The molecular weight excluding hydrogens is 227 g/mol. The second kappa shape index (κ2) is 10.8. The molecule has 0 spiro atoms. The standard InChI is InChI=1S/C13H18O3.Na/c14-13(15)9-5-11-16-10-4-8-12-6-2-1-3-7-12;/h1-3,6-7H,4-5,8-11H2,(H,14,15);/q;+1/p-1. The molecule has 0 aromatic heterocycles. The van der Waals surface area contributed by atoms with Crippen LogP contribution in [-0.4, -0.2) is 19.2 Å². The van der Waals surface area contributed by atoms with Crippen LogP contribution in [0.25, 0.3) is 0 Å². The molecule has 88 valence electrons. The molecule has 1 aromatic rings. The normalized spacial score (nSPS) is 9.65. The van der Waals surface area contributed by atoms with Crippen LogP contribution < -0.4 is 34.7 Å². The van der Waals surface area contributed by atoms with Crippen molar-refractivity contribution in [2.24, 2.45) is 0 Å². The smallest absolute Gasteiger partial charge is 0.550 e. The number of aryl methyl sites for hydroxylation is 1. The number of carboxylic acid groups (broad SMARTS) is 1. The molecule has 0 atom stereocenters. The van der Waals surface area contributed by atoms with Gasteiger partial charge in [0.25, 0.3) is 0 Å². The molecule has 0 radical (unpaired) electrons. The SMILES string of the molecule is O=C([O-])CCCOCCCc1ccccc1.[Na+]. The van der Waals surface area contributed by atoms with Crippen molar-refractivity contribution in [3.05, 3.63) is 35.9 Å². The second-order valence-electron chi connectivity index (χ2n) is 3.68. The Balaban J connectivity index is 0.00000256. The fourth-order valence-corrected chi connectivity index (χ4v) is 1.44. The van der Waals surface area contributed by atoms with Gasteiger partial charge < -0.3 is 14.6 Å². The molecule has 17 heavy (non-hydrogen) atoms. The predicted octanol–water partition coefficient (Wildman–Crippen LogP) is -1.83. The van der Waals surface area contributed by atoms with E-state index in [4.69, 9.17) is 4.74 Å². The summed E-state index contributed by atoms with van der Waals surface area (Å²) in [5, 5.41) is 10.1. The van der Waals surface area contributed by atoms with Gasteiger partial charge in [0.15, 0.2) is 0 Å². The van der Waals surface area contributed by atoms with Gasteiger partial charge in [-0.15, -0.1) is 0 Å². The second-order valence-corrected chi connectivity index (χ2v) is 3.68. The van der Waals surface area contributed by atoms with Gasteiger partial charge in [-0.1, -0.05) is 30.3 Å². The van der Waals surface area contributed by atoms with E-state index >= 15 is 0 Å². The van der Waals surface area contributed by atoms with Crippen LogP contribution in [0.5, 0.6) is 0 Å². The molecule has 1 aromatic carbocycles. The first-order valence-electron chi connectivity index (χ1n) is 5.60. The Morgan fingerprint density at radius 1 is 1.12 bits per heavy atom. The van der Waals surface area contributed by atoms with Crippen molar-refractivity contribution in [3.8, 4) is 0 Å². The van der Waals surface area contributed by atoms with Gasteiger partial charge >= 0.3 is 29.6 Å². The number of hydrogen-bond acceptors (Lipinski definition) is 3. The van der Waals surface area contributed by atoms with Crippen molar-refractivity contribution in [1.29, 1.82) is 0 Å². The molecule has 0 aliphatic rings. The van der Waals surface area contributed by atoms with E-state index in [0.717, 1.165) is 12.8 Å². The third-order valence-electron chi connectivity index (χ3n) is 2.27. The summed E-state index contributed by atoms with van der Waals surface area (Å²) < 4.78 is 5.31. The van der Waals surface area contributed by atoms with E-state index in [9.17, 15) is 9.90 Å². The summed E-state index contributed by atoms with van der Waals surface area (Å²) in [6.45, 7) is 1.19. The zero-order valence-electron chi connectivity index (χ0n) is 10.4. The maximum absolute atomic E-state index is 10.1. The van der Waals surface area contributed by atoms with E-state index in [1.807, 2.05) is 18.2 Å². The van der Waals surface area contributed by atoms with Crippen molar-refractivity contribution >= 4 is 5.97 Å². The fourth-order valence-electron chi connectivity index (χ4n) is 1.44. The Bertz CT molecular complexity index is 301. The Kier molecular flexibility index (Phi) is 10.6. The zero-order valence-corrected chi connectivity index (χ0v) is 12.4. The average molecular weight is 244 g/mol. The number of ether oxygens (including phenoxy) is 1. The Morgan fingerprint density at radius 2 is 1.76 bits per heavy atom. The number of carbonyl (C=O) groups excluding carboxylic acids is 1. The van der Waals surface area contributed by atoms with Gasteiger partial charge in [-0.2, -0.15) is 0 Å². The van der Waals surface area contributed by atoms with Crippen LogP contribution in [0.3, 0.4) is 0 Å². The summed E-state index contributed by atoms with van der Waals surface area (Å²) in [6.07, 6.45) is 2.59. The summed E-state index contributed by atoms with van der Waals surface area (Å²) in [4.78, 5) is 10.1. The summed E-state index contributed by atoms with van der Waals surface area (Å²) in [5.74, 6) is -1.01. The molecule has 0 fully saturated rings. The van der Waals surface area contributed by atoms with Gasteiger partial charge in [0.1, 0.15) is 0 Å². The molecule has 0 N–H and O–H groups in total. The number of rotatable bonds is 8. The van der Waals surface area contributed by atoms with Crippen molar-refractivity contribution < 1.29 is 44.2 Å². The van der Waals surface area contributed by atoms with E-state index in [2.05, 4.69) is 12.1 Å². The number of aliphatic carboxylic acids is 1. The quantitative estimate of drug-likeness (QED) is 0.399. The molecule has 0 saturated carbocycles. The molecule has 0 aliphatic heterocycles. The van der Waals surface area contributed by atoms with Gasteiger partial charge in [0, 0.05) is 19.2 Å². The molecule has 0 aliphatic carbocycles. The third kappa shape index (κ3) is 9.36. The van der Waals surface area contributed by atoms with Crippen molar-refractivity contribution in [3.63, 3.8) is 0 Å². The molecule has 1 rings (SSSR count).